The van der Waals surface area contributed by atoms with Crippen LogP contribution in [0.25, 0.3) is 11.0 Å². The molecule has 8 heteroatoms. The van der Waals surface area contributed by atoms with E-state index in [1.807, 2.05) is 6.07 Å². The number of aromatic nitrogens is 2. The van der Waals surface area contributed by atoms with E-state index in [1.165, 1.54) is 0 Å². The fourth-order valence-corrected chi connectivity index (χ4v) is 2.41. The van der Waals surface area contributed by atoms with E-state index in [9.17, 15) is 13.2 Å². The average molecular weight is 341 g/mol. The van der Waals surface area contributed by atoms with E-state index < -0.39 is 12.8 Å². The van der Waals surface area contributed by atoms with Gasteiger partial charge in [-0.1, -0.05) is 17.7 Å². The zero-order chi connectivity index (χ0) is 15.5. The van der Waals surface area contributed by atoms with Crippen LogP contribution in [0.15, 0.2) is 18.2 Å². The molecule has 0 radical (unpaired) electrons. The molecule has 0 saturated carbocycles. The molecule has 21 heavy (non-hydrogen) atoms. The number of benzene rings is 1. The van der Waals surface area contributed by atoms with Crippen molar-refractivity contribution < 1.29 is 17.9 Å². The zero-order valence-corrected chi connectivity index (χ0v) is 12.5. The van der Waals surface area contributed by atoms with Gasteiger partial charge in [0, 0.05) is 18.8 Å². The van der Waals surface area contributed by atoms with Crippen LogP contribution in [-0.4, -0.2) is 34.8 Å². The molecule has 0 atom stereocenters. The number of para-hydroxylation sites is 1. The Kier molecular flexibility index (Phi) is 5.35. The van der Waals surface area contributed by atoms with E-state index >= 15 is 0 Å². The molecule has 0 fully saturated rings. The topological polar surface area (TPSA) is 27.1 Å². The summed E-state index contributed by atoms with van der Waals surface area (Å²) in [5.41, 5.74) is 1.38. The molecule has 1 aromatic heterocycles. The minimum atomic E-state index is -4.32. The fourth-order valence-electron chi connectivity index (χ4n) is 2.03. The summed E-state index contributed by atoms with van der Waals surface area (Å²) in [6, 6.07) is 5.30. The van der Waals surface area contributed by atoms with Gasteiger partial charge >= 0.3 is 6.18 Å². The number of alkyl halides is 4. The summed E-state index contributed by atoms with van der Waals surface area (Å²) in [5, 5.41) is 0.498. The predicted molar refractivity (Wildman–Crippen MR) is 76.0 cm³/mol. The van der Waals surface area contributed by atoms with Crippen LogP contribution in [-0.2, 0) is 17.7 Å². The number of hydrogen-bond acceptors (Lipinski definition) is 2. The zero-order valence-electron chi connectivity index (χ0n) is 11.0. The number of nitrogens with zero attached hydrogens (tertiary/aromatic N) is 2. The van der Waals surface area contributed by atoms with Crippen LogP contribution >= 0.6 is 23.2 Å². The van der Waals surface area contributed by atoms with Crippen molar-refractivity contribution in [1.82, 2.24) is 9.55 Å². The van der Waals surface area contributed by atoms with Gasteiger partial charge in [-0.25, -0.2) is 4.98 Å². The van der Waals surface area contributed by atoms with Crippen LogP contribution in [0.1, 0.15) is 5.82 Å². The number of rotatable bonds is 6. The lowest BCUT2D eigenvalue weighted by Crippen LogP contribution is -2.19. The highest BCUT2D eigenvalue weighted by Gasteiger charge is 2.27. The molecule has 0 unspecified atom stereocenters. The van der Waals surface area contributed by atoms with Gasteiger partial charge < -0.3 is 9.30 Å². The summed E-state index contributed by atoms with van der Waals surface area (Å²) in [6.07, 6.45) is -3.81. The molecular formula is C13H13Cl2F3N2O. The molecule has 1 aromatic carbocycles. The second-order valence-corrected chi connectivity index (χ2v) is 5.18. The van der Waals surface area contributed by atoms with Crippen molar-refractivity contribution in [3.05, 3.63) is 29.0 Å². The number of aryl methyl sites for hydroxylation is 1. The first-order valence-electron chi connectivity index (χ1n) is 6.26. The van der Waals surface area contributed by atoms with E-state index in [-0.39, 0.29) is 13.2 Å². The summed E-state index contributed by atoms with van der Waals surface area (Å²) in [4.78, 5) is 4.40. The molecule has 1 heterocycles. The van der Waals surface area contributed by atoms with Crippen molar-refractivity contribution in [1.29, 1.82) is 0 Å². The smallest absolute Gasteiger partial charge is 0.370 e. The molecule has 0 saturated heterocycles. The average Bonchev–Trinajstić information content (AvgIpc) is 2.74. The molecule has 0 aliphatic carbocycles. The summed E-state index contributed by atoms with van der Waals surface area (Å²) in [6.45, 7) is -1.06. The van der Waals surface area contributed by atoms with Gasteiger partial charge in [0.1, 0.15) is 17.9 Å². The van der Waals surface area contributed by atoms with Gasteiger partial charge in [-0.15, -0.1) is 11.6 Å². The highest BCUT2D eigenvalue weighted by Crippen LogP contribution is 2.24. The lowest BCUT2D eigenvalue weighted by molar-refractivity contribution is -0.174. The van der Waals surface area contributed by atoms with Crippen molar-refractivity contribution >= 4 is 34.2 Å². The predicted octanol–water partition coefficient (Wildman–Crippen LogP) is 4.05. The molecule has 0 N–H and O–H groups in total. The molecule has 2 rings (SSSR count). The Morgan fingerprint density at radius 3 is 2.71 bits per heavy atom. The van der Waals surface area contributed by atoms with Crippen LogP contribution in [0.4, 0.5) is 13.2 Å². The first kappa shape index (κ1) is 16.4. The lowest BCUT2D eigenvalue weighted by Gasteiger charge is -2.10. The van der Waals surface area contributed by atoms with E-state index in [0.717, 1.165) is 5.52 Å². The molecule has 0 bridgehead atoms. The molecule has 0 aliphatic rings. The highest BCUT2D eigenvalue weighted by atomic mass is 35.5. The van der Waals surface area contributed by atoms with Gasteiger partial charge in [0.05, 0.1) is 17.1 Å². The van der Waals surface area contributed by atoms with Crippen molar-refractivity contribution in [3.8, 4) is 0 Å². The Hall–Kier alpha value is -0.980. The number of imidazole rings is 1. The van der Waals surface area contributed by atoms with Crippen LogP contribution in [0.3, 0.4) is 0 Å². The first-order valence-corrected chi connectivity index (χ1v) is 7.17. The lowest BCUT2D eigenvalue weighted by atomic mass is 10.3. The molecule has 0 spiro atoms. The van der Waals surface area contributed by atoms with Crippen molar-refractivity contribution in [2.75, 3.05) is 19.1 Å². The Labute approximate surface area is 129 Å². The normalized spacial score (nSPS) is 12.2. The summed E-state index contributed by atoms with van der Waals surface area (Å²) < 4.78 is 42.6. The third-order valence-electron chi connectivity index (χ3n) is 2.85. The quantitative estimate of drug-likeness (QED) is 0.586. The number of fused-ring (bicyclic) bond motifs is 1. The van der Waals surface area contributed by atoms with Crippen molar-refractivity contribution in [2.24, 2.45) is 0 Å². The monoisotopic (exact) mass is 340 g/mol. The van der Waals surface area contributed by atoms with E-state index in [0.29, 0.717) is 28.7 Å². The molecule has 0 amide bonds. The SMILES string of the molecule is FC(F)(F)COCCn1c(CCCl)nc2c(Cl)cccc21. The maximum absolute atomic E-state index is 12.0. The highest BCUT2D eigenvalue weighted by molar-refractivity contribution is 6.34. The minimum absolute atomic E-state index is 0.0627. The van der Waals surface area contributed by atoms with E-state index in [4.69, 9.17) is 23.2 Å². The van der Waals surface area contributed by atoms with Gasteiger partial charge in [0.25, 0.3) is 0 Å². The standard InChI is InChI=1S/C13H13Cl2F3N2O/c14-5-4-11-19-12-9(15)2-1-3-10(12)20(11)6-7-21-8-13(16,17)18/h1-3H,4-8H2. The second-order valence-electron chi connectivity index (χ2n) is 4.39. The molecule has 0 aliphatic heterocycles. The summed E-state index contributed by atoms with van der Waals surface area (Å²) in [5.74, 6) is 1.05. The molecule has 3 nitrogen and oxygen atoms in total. The Morgan fingerprint density at radius 1 is 1.29 bits per heavy atom. The van der Waals surface area contributed by atoms with Gasteiger partial charge in [0.2, 0.25) is 0 Å². The van der Waals surface area contributed by atoms with Crippen LogP contribution in [0.2, 0.25) is 5.02 Å². The van der Waals surface area contributed by atoms with Crippen LogP contribution in [0.5, 0.6) is 0 Å². The van der Waals surface area contributed by atoms with E-state index in [1.54, 1.807) is 16.7 Å². The largest absolute Gasteiger partial charge is 0.411 e. The van der Waals surface area contributed by atoms with Gasteiger partial charge in [-0.2, -0.15) is 13.2 Å². The third kappa shape index (κ3) is 4.25. The number of halogens is 5. The Morgan fingerprint density at radius 2 is 2.05 bits per heavy atom. The summed E-state index contributed by atoms with van der Waals surface area (Å²) >= 11 is 11.8. The Bertz CT molecular complexity index is 613. The summed E-state index contributed by atoms with van der Waals surface area (Å²) in [7, 11) is 0. The molecule has 116 valence electrons. The maximum atomic E-state index is 12.0. The number of ether oxygens (including phenoxy) is 1. The fraction of sp³-hybridized carbons (Fsp3) is 0.462. The third-order valence-corrected chi connectivity index (χ3v) is 3.35. The van der Waals surface area contributed by atoms with Crippen LogP contribution in [0, 0.1) is 0 Å². The molecular weight excluding hydrogens is 328 g/mol. The van der Waals surface area contributed by atoms with E-state index in [2.05, 4.69) is 9.72 Å². The van der Waals surface area contributed by atoms with Gasteiger partial charge in [-0.05, 0) is 12.1 Å². The van der Waals surface area contributed by atoms with Crippen molar-refractivity contribution in [2.45, 2.75) is 19.1 Å². The first-order chi connectivity index (χ1) is 9.92. The van der Waals surface area contributed by atoms with Gasteiger partial charge in [0.15, 0.2) is 0 Å². The number of hydrogen-bond donors (Lipinski definition) is 0. The van der Waals surface area contributed by atoms with Crippen LogP contribution < -0.4 is 0 Å². The van der Waals surface area contributed by atoms with Gasteiger partial charge in [-0.3, -0.25) is 0 Å². The molecule has 2 aromatic rings. The maximum Gasteiger partial charge on any atom is 0.411 e. The Balaban J connectivity index is 2.17. The van der Waals surface area contributed by atoms with Crippen molar-refractivity contribution in [3.63, 3.8) is 0 Å². The minimum Gasteiger partial charge on any atom is -0.370 e. The second kappa shape index (κ2) is 6.85.